The Bertz CT molecular complexity index is 1380. The van der Waals surface area contributed by atoms with Crippen LogP contribution in [0.25, 0.3) is 0 Å². The zero-order valence-corrected chi connectivity index (χ0v) is 26.9. The predicted molar refractivity (Wildman–Crippen MR) is 174 cm³/mol. The first-order chi connectivity index (χ1) is 19.8. The van der Waals surface area contributed by atoms with Crippen LogP contribution in [0.15, 0.2) is 65.3 Å². The van der Waals surface area contributed by atoms with E-state index in [4.69, 9.17) is 4.74 Å². The van der Waals surface area contributed by atoms with Crippen LogP contribution in [0.5, 0.6) is 5.75 Å². The standard InChI is InChI=1S/C37H49NO4/c1-25(2)15-12-16-26(3)17-13-18-27(4)19-14-23-37(8)24-22-32-30(7)33(28(5)29(6)34(32)42-37)38(36(40)41)35(39)31-20-10-9-11-21-31/h9-11,15,17,19-21H,12-14,16,18,22-24H2,1-8H3,(H,40,41)/t37-/m1/s1. The second-order valence-corrected chi connectivity index (χ2v) is 12.4. The molecule has 0 radical (unpaired) electrons. The summed E-state index contributed by atoms with van der Waals surface area (Å²) in [6.07, 6.45) is 13.6. The number of fused-ring (bicyclic) bond motifs is 1. The molecule has 1 heterocycles. The lowest BCUT2D eigenvalue weighted by atomic mass is 9.84. The van der Waals surface area contributed by atoms with Crippen molar-refractivity contribution in [1.29, 1.82) is 0 Å². The van der Waals surface area contributed by atoms with Gasteiger partial charge in [-0.1, -0.05) is 53.1 Å². The Morgan fingerprint density at radius 2 is 1.48 bits per heavy atom. The molecule has 5 nitrogen and oxygen atoms in total. The fraction of sp³-hybridized carbons (Fsp3) is 0.459. The minimum Gasteiger partial charge on any atom is -0.487 e. The molecule has 1 N–H and O–H groups in total. The van der Waals surface area contributed by atoms with Crippen molar-refractivity contribution in [3.05, 3.63) is 93.1 Å². The summed E-state index contributed by atoms with van der Waals surface area (Å²) in [4.78, 5) is 26.6. The lowest BCUT2D eigenvalue weighted by Crippen LogP contribution is -2.39. The normalized spacial score (nSPS) is 16.9. The van der Waals surface area contributed by atoms with Crippen molar-refractivity contribution in [1.82, 2.24) is 0 Å². The summed E-state index contributed by atoms with van der Waals surface area (Å²) >= 11 is 0. The number of anilines is 1. The van der Waals surface area contributed by atoms with Crippen molar-refractivity contribution in [3.63, 3.8) is 0 Å². The zero-order valence-electron chi connectivity index (χ0n) is 26.9. The fourth-order valence-corrected chi connectivity index (χ4v) is 5.76. The molecule has 2 aromatic carbocycles. The van der Waals surface area contributed by atoms with Crippen LogP contribution < -0.4 is 9.64 Å². The third-order valence-electron chi connectivity index (χ3n) is 8.52. The van der Waals surface area contributed by atoms with Crippen molar-refractivity contribution < 1.29 is 19.4 Å². The summed E-state index contributed by atoms with van der Waals surface area (Å²) in [6, 6.07) is 8.57. The molecule has 226 valence electrons. The molecule has 1 aliphatic heterocycles. The molecule has 0 unspecified atom stereocenters. The van der Waals surface area contributed by atoms with Gasteiger partial charge in [0.15, 0.2) is 0 Å². The van der Waals surface area contributed by atoms with Gasteiger partial charge in [0.2, 0.25) is 0 Å². The van der Waals surface area contributed by atoms with Gasteiger partial charge in [-0.15, -0.1) is 0 Å². The van der Waals surface area contributed by atoms with Crippen LogP contribution in [0, 0.1) is 20.8 Å². The van der Waals surface area contributed by atoms with E-state index in [0.29, 0.717) is 11.3 Å². The maximum atomic E-state index is 13.3. The van der Waals surface area contributed by atoms with E-state index in [9.17, 15) is 14.7 Å². The molecule has 0 aliphatic carbocycles. The molecule has 1 atom stereocenters. The fourth-order valence-electron chi connectivity index (χ4n) is 5.76. The third-order valence-corrected chi connectivity index (χ3v) is 8.52. The number of amides is 2. The van der Waals surface area contributed by atoms with E-state index in [1.54, 1.807) is 30.3 Å². The second kappa shape index (κ2) is 14.5. The number of hydrogen-bond donors (Lipinski definition) is 1. The Kier molecular flexibility index (Phi) is 11.4. The zero-order chi connectivity index (χ0) is 31.0. The van der Waals surface area contributed by atoms with Gasteiger partial charge in [0.05, 0.1) is 5.69 Å². The Labute approximate surface area is 253 Å². The van der Waals surface area contributed by atoms with E-state index in [2.05, 4.69) is 52.8 Å². The molecule has 42 heavy (non-hydrogen) atoms. The summed E-state index contributed by atoms with van der Waals surface area (Å²) in [7, 11) is 0. The number of rotatable bonds is 11. The smallest absolute Gasteiger partial charge is 0.419 e. The van der Waals surface area contributed by atoms with E-state index in [1.807, 2.05) is 20.8 Å². The Hall–Kier alpha value is -3.60. The van der Waals surface area contributed by atoms with Crippen LogP contribution in [0.3, 0.4) is 0 Å². The number of allylic oxidation sites excluding steroid dienone is 6. The number of imide groups is 1. The topological polar surface area (TPSA) is 66.8 Å². The Morgan fingerprint density at radius 3 is 2.07 bits per heavy atom. The number of hydrogen-bond acceptors (Lipinski definition) is 3. The maximum Gasteiger partial charge on any atom is 0.419 e. The molecule has 1 aliphatic rings. The van der Waals surface area contributed by atoms with Gasteiger partial charge in [0.25, 0.3) is 5.91 Å². The molecular formula is C37H49NO4. The molecular weight excluding hydrogens is 522 g/mol. The number of benzene rings is 2. The molecule has 0 saturated heterocycles. The average Bonchev–Trinajstić information content (AvgIpc) is 2.93. The highest BCUT2D eigenvalue weighted by Crippen LogP contribution is 2.45. The first-order valence-electron chi connectivity index (χ1n) is 15.2. The SMILES string of the molecule is CC(C)=CCCC(C)=CCCC(C)=CCC[C@]1(C)CCc2c(C)c(N(C(=O)O)C(=O)c3ccccc3)c(C)c(C)c2O1. The van der Waals surface area contributed by atoms with Crippen LogP contribution >= 0.6 is 0 Å². The summed E-state index contributed by atoms with van der Waals surface area (Å²) in [5.74, 6) is 0.293. The van der Waals surface area contributed by atoms with Gasteiger partial charge in [0.1, 0.15) is 11.4 Å². The van der Waals surface area contributed by atoms with Crippen molar-refractivity contribution in [2.45, 2.75) is 112 Å². The van der Waals surface area contributed by atoms with Gasteiger partial charge in [-0.05, 0) is 141 Å². The molecule has 3 rings (SSSR count). The van der Waals surface area contributed by atoms with Gasteiger partial charge in [-0.25, -0.2) is 9.69 Å². The Balaban J connectivity index is 1.71. The van der Waals surface area contributed by atoms with Crippen LogP contribution in [-0.2, 0) is 6.42 Å². The van der Waals surface area contributed by atoms with Gasteiger partial charge in [-0.2, -0.15) is 0 Å². The summed E-state index contributed by atoms with van der Waals surface area (Å²) in [5.41, 5.74) is 8.16. The van der Waals surface area contributed by atoms with Crippen molar-refractivity contribution >= 4 is 17.7 Å². The molecule has 5 heteroatoms. The lowest BCUT2D eigenvalue weighted by Gasteiger charge is -2.39. The molecule has 2 aromatic rings. The molecule has 0 aromatic heterocycles. The van der Waals surface area contributed by atoms with E-state index in [-0.39, 0.29) is 5.60 Å². The predicted octanol–water partition coefficient (Wildman–Crippen LogP) is 10.2. The van der Waals surface area contributed by atoms with Gasteiger partial charge in [0, 0.05) is 5.56 Å². The van der Waals surface area contributed by atoms with Crippen LogP contribution in [0.4, 0.5) is 10.5 Å². The molecule has 0 bridgehead atoms. The van der Waals surface area contributed by atoms with Gasteiger partial charge < -0.3 is 9.84 Å². The lowest BCUT2D eigenvalue weighted by molar-refractivity contribution is 0.0560. The van der Waals surface area contributed by atoms with Crippen molar-refractivity contribution in [2.24, 2.45) is 0 Å². The number of carbonyl (C=O) groups excluding carboxylic acids is 1. The van der Waals surface area contributed by atoms with E-state index in [1.165, 1.54) is 16.7 Å². The van der Waals surface area contributed by atoms with E-state index >= 15 is 0 Å². The largest absolute Gasteiger partial charge is 0.487 e. The average molecular weight is 572 g/mol. The van der Waals surface area contributed by atoms with Crippen molar-refractivity contribution in [2.75, 3.05) is 4.90 Å². The van der Waals surface area contributed by atoms with Gasteiger partial charge in [-0.3, -0.25) is 4.79 Å². The quantitative estimate of drug-likeness (QED) is 0.273. The van der Waals surface area contributed by atoms with E-state index < -0.39 is 12.0 Å². The number of carbonyl (C=O) groups is 2. The van der Waals surface area contributed by atoms with Crippen LogP contribution in [0.2, 0.25) is 0 Å². The first-order valence-corrected chi connectivity index (χ1v) is 15.2. The molecule has 0 fully saturated rings. The maximum absolute atomic E-state index is 13.3. The highest BCUT2D eigenvalue weighted by atomic mass is 16.5. The number of ether oxygens (including phenoxy) is 1. The molecule has 0 spiro atoms. The monoisotopic (exact) mass is 571 g/mol. The van der Waals surface area contributed by atoms with Gasteiger partial charge >= 0.3 is 6.09 Å². The highest BCUT2D eigenvalue weighted by molar-refractivity contribution is 6.19. The third kappa shape index (κ3) is 8.24. The summed E-state index contributed by atoms with van der Waals surface area (Å²) in [5, 5.41) is 10.1. The molecule has 0 saturated carbocycles. The first kappa shape index (κ1) is 32.9. The summed E-state index contributed by atoms with van der Waals surface area (Å²) in [6.45, 7) is 16.7. The molecule has 2 amide bonds. The Morgan fingerprint density at radius 1 is 0.881 bits per heavy atom. The number of nitrogens with zero attached hydrogens (tertiary/aromatic N) is 1. The van der Waals surface area contributed by atoms with Crippen molar-refractivity contribution in [3.8, 4) is 5.75 Å². The number of carboxylic acid groups (broad SMARTS) is 1. The minimum absolute atomic E-state index is 0.303. The van der Waals surface area contributed by atoms with Crippen LogP contribution in [0.1, 0.15) is 112 Å². The summed E-state index contributed by atoms with van der Waals surface area (Å²) < 4.78 is 6.71. The van der Waals surface area contributed by atoms with Crippen LogP contribution in [-0.4, -0.2) is 22.7 Å². The minimum atomic E-state index is -1.28. The second-order valence-electron chi connectivity index (χ2n) is 12.4. The van der Waals surface area contributed by atoms with E-state index in [0.717, 1.165) is 84.3 Å². The highest BCUT2D eigenvalue weighted by Gasteiger charge is 2.36.